The molecule has 1 aliphatic rings. The summed E-state index contributed by atoms with van der Waals surface area (Å²) in [6.45, 7) is 3.31. The van der Waals surface area contributed by atoms with Crippen LogP contribution in [0, 0.1) is 16.0 Å². The summed E-state index contributed by atoms with van der Waals surface area (Å²) in [5, 5.41) is 16.7. The summed E-state index contributed by atoms with van der Waals surface area (Å²) in [6, 6.07) is 8.27. The maximum Gasteiger partial charge on any atom is 0.269 e. The number of hydrogen-bond acceptors (Lipinski definition) is 5. The quantitative estimate of drug-likeness (QED) is 0.469. The number of anilines is 1. The van der Waals surface area contributed by atoms with E-state index in [0.717, 1.165) is 23.4 Å². The second-order valence-electron chi connectivity index (χ2n) is 6.39. The Morgan fingerprint density at radius 2 is 2.08 bits per heavy atom. The van der Waals surface area contributed by atoms with E-state index in [1.54, 1.807) is 23.5 Å². The zero-order valence-corrected chi connectivity index (χ0v) is 14.9. The maximum absolute atomic E-state index is 12.3. The van der Waals surface area contributed by atoms with E-state index in [0.29, 0.717) is 19.0 Å². The Labute approximate surface area is 150 Å². The predicted octanol–water partition coefficient (Wildman–Crippen LogP) is 3.62. The average Bonchev–Trinajstić information content (AvgIpc) is 3.02. The van der Waals surface area contributed by atoms with Crippen molar-refractivity contribution >= 4 is 28.6 Å². The molecule has 1 amide bonds. The number of nitro benzene ring substituents is 1. The number of carbonyl (C=O) groups is 1. The number of rotatable bonds is 6. The zero-order chi connectivity index (χ0) is 17.8. The molecule has 0 saturated heterocycles. The van der Waals surface area contributed by atoms with E-state index in [2.05, 4.69) is 17.6 Å². The highest BCUT2D eigenvalue weighted by Gasteiger charge is 2.20. The molecule has 2 aromatic rings. The van der Waals surface area contributed by atoms with Crippen molar-refractivity contribution in [2.75, 3.05) is 18.4 Å². The van der Waals surface area contributed by atoms with Crippen molar-refractivity contribution in [2.24, 2.45) is 5.92 Å². The van der Waals surface area contributed by atoms with Crippen molar-refractivity contribution in [1.29, 1.82) is 0 Å². The van der Waals surface area contributed by atoms with E-state index in [1.165, 1.54) is 29.0 Å². The van der Waals surface area contributed by atoms with Crippen molar-refractivity contribution < 1.29 is 9.72 Å². The molecule has 1 atom stereocenters. The molecule has 0 fully saturated rings. The highest BCUT2D eigenvalue weighted by atomic mass is 32.1. The Balaban J connectivity index is 1.46. The first-order chi connectivity index (χ1) is 12.0. The zero-order valence-electron chi connectivity index (χ0n) is 14.1. The molecule has 6 nitrogen and oxygen atoms in total. The first-order valence-electron chi connectivity index (χ1n) is 8.41. The van der Waals surface area contributed by atoms with Crippen molar-refractivity contribution in [3.8, 4) is 0 Å². The molecule has 7 heteroatoms. The number of carbonyl (C=O) groups excluding carboxylic acids is 1. The van der Waals surface area contributed by atoms with Gasteiger partial charge in [0.15, 0.2) is 0 Å². The smallest absolute Gasteiger partial charge is 0.269 e. The molecule has 1 aromatic heterocycles. The molecule has 0 bridgehead atoms. The molecule has 0 radical (unpaired) electrons. The lowest BCUT2D eigenvalue weighted by atomic mass is 9.90. The molecule has 0 spiro atoms. The molecule has 1 aromatic carbocycles. The van der Waals surface area contributed by atoms with Gasteiger partial charge in [-0.3, -0.25) is 14.9 Å². The minimum absolute atomic E-state index is 0.0300. The number of nitrogens with zero attached hydrogens (tertiary/aromatic N) is 1. The maximum atomic E-state index is 12.3. The summed E-state index contributed by atoms with van der Waals surface area (Å²) in [5.41, 5.74) is 2.19. The van der Waals surface area contributed by atoms with Gasteiger partial charge in [-0.2, -0.15) is 0 Å². The van der Waals surface area contributed by atoms with Crippen LogP contribution >= 0.6 is 11.3 Å². The monoisotopic (exact) mass is 359 g/mol. The van der Waals surface area contributed by atoms with Gasteiger partial charge in [-0.1, -0.05) is 6.92 Å². The lowest BCUT2D eigenvalue weighted by molar-refractivity contribution is -0.384. The third kappa shape index (κ3) is 4.36. The fourth-order valence-electron chi connectivity index (χ4n) is 2.99. The number of hydrogen-bond donors (Lipinski definition) is 2. The molecule has 132 valence electrons. The van der Waals surface area contributed by atoms with Crippen LogP contribution in [0.15, 0.2) is 30.3 Å². The molecule has 1 aliphatic carbocycles. The lowest BCUT2D eigenvalue weighted by Crippen LogP contribution is -2.28. The van der Waals surface area contributed by atoms with Gasteiger partial charge in [-0.25, -0.2) is 0 Å². The van der Waals surface area contributed by atoms with Crippen LogP contribution in [0.5, 0.6) is 0 Å². The molecule has 0 saturated carbocycles. The lowest BCUT2D eigenvalue weighted by Gasteiger charge is -2.16. The van der Waals surface area contributed by atoms with Gasteiger partial charge in [0.05, 0.1) is 9.80 Å². The van der Waals surface area contributed by atoms with E-state index >= 15 is 0 Å². The Bertz CT molecular complexity index is 770. The Kier molecular flexibility index (Phi) is 5.33. The standard InChI is InChI=1S/C18H21N3O3S/c1-12-2-7-16-13(10-12)11-17(25-16)18(22)20-9-8-19-14-3-5-15(6-4-14)21(23)24/h3-6,11-12,19H,2,7-10H2,1H3,(H,20,22)/t12-/m0/s1. The molecule has 1 heterocycles. The summed E-state index contributed by atoms with van der Waals surface area (Å²) in [5.74, 6) is 0.668. The fourth-order valence-corrected chi connectivity index (χ4v) is 4.11. The predicted molar refractivity (Wildman–Crippen MR) is 99.4 cm³/mol. The number of amides is 1. The molecular weight excluding hydrogens is 338 g/mol. The van der Waals surface area contributed by atoms with E-state index in [1.807, 2.05) is 6.07 Å². The van der Waals surface area contributed by atoms with Gasteiger partial charge >= 0.3 is 0 Å². The summed E-state index contributed by atoms with van der Waals surface area (Å²) < 4.78 is 0. The van der Waals surface area contributed by atoms with Gasteiger partial charge < -0.3 is 10.6 Å². The third-order valence-corrected chi connectivity index (χ3v) is 5.61. The van der Waals surface area contributed by atoms with E-state index < -0.39 is 4.92 Å². The summed E-state index contributed by atoms with van der Waals surface area (Å²) in [6.07, 6.45) is 3.35. The largest absolute Gasteiger partial charge is 0.383 e. The van der Waals surface area contributed by atoms with Crippen LogP contribution in [-0.4, -0.2) is 23.9 Å². The van der Waals surface area contributed by atoms with Gasteiger partial charge in [-0.15, -0.1) is 11.3 Å². The van der Waals surface area contributed by atoms with Crippen LogP contribution in [0.3, 0.4) is 0 Å². The first-order valence-corrected chi connectivity index (χ1v) is 9.22. The minimum Gasteiger partial charge on any atom is -0.383 e. The highest BCUT2D eigenvalue weighted by Crippen LogP contribution is 2.32. The summed E-state index contributed by atoms with van der Waals surface area (Å²) in [7, 11) is 0. The topological polar surface area (TPSA) is 84.3 Å². The number of benzene rings is 1. The molecule has 3 rings (SSSR count). The molecule has 2 N–H and O–H groups in total. The SMILES string of the molecule is C[C@H]1CCc2sc(C(=O)NCCNc3ccc([N+](=O)[O-])cc3)cc2C1. The van der Waals surface area contributed by atoms with E-state index in [4.69, 9.17) is 0 Å². The summed E-state index contributed by atoms with van der Waals surface area (Å²) in [4.78, 5) is 24.6. The molecule has 0 unspecified atom stereocenters. The van der Waals surface area contributed by atoms with Crippen molar-refractivity contribution in [2.45, 2.75) is 26.2 Å². The van der Waals surface area contributed by atoms with Gasteiger partial charge in [-0.05, 0) is 48.9 Å². The van der Waals surface area contributed by atoms with E-state index in [-0.39, 0.29) is 11.6 Å². The number of thiophene rings is 1. The van der Waals surface area contributed by atoms with Crippen LogP contribution in [0.4, 0.5) is 11.4 Å². The van der Waals surface area contributed by atoms with Gasteiger partial charge in [0, 0.05) is 35.8 Å². The Morgan fingerprint density at radius 3 is 2.80 bits per heavy atom. The fraction of sp³-hybridized carbons (Fsp3) is 0.389. The average molecular weight is 359 g/mol. The summed E-state index contributed by atoms with van der Waals surface area (Å²) >= 11 is 1.61. The number of aryl methyl sites for hydroxylation is 1. The first kappa shape index (κ1) is 17.4. The van der Waals surface area contributed by atoms with Crippen LogP contribution in [0.25, 0.3) is 0 Å². The van der Waals surface area contributed by atoms with Crippen LogP contribution in [0.1, 0.15) is 33.5 Å². The third-order valence-electron chi connectivity index (χ3n) is 4.37. The molecule has 0 aliphatic heterocycles. The highest BCUT2D eigenvalue weighted by molar-refractivity contribution is 7.14. The number of nitrogens with one attached hydrogen (secondary N) is 2. The van der Waals surface area contributed by atoms with Crippen LogP contribution in [0.2, 0.25) is 0 Å². The van der Waals surface area contributed by atoms with E-state index in [9.17, 15) is 14.9 Å². The van der Waals surface area contributed by atoms with Crippen molar-refractivity contribution in [3.63, 3.8) is 0 Å². The van der Waals surface area contributed by atoms with Crippen molar-refractivity contribution in [3.05, 3.63) is 55.8 Å². The second kappa shape index (κ2) is 7.65. The van der Waals surface area contributed by atoms with Gasteiger partial charge in [0.2, 0.25) is 0 Å². The number of non-ortho nitro benzene ring substituents is 1. The number of fused-ring (bicyclic) bond motifs is 1. The second-order valence-corrected chi connectivity index (χ2v) is 7.53. The Hall–Kier alpha value is -2.41. The minimum atomic E-state index is -0.425. The van der Waals surface area contributed by atoms with Crippen molar-refractivity contribution in [1.82, 2.24) is 5.32 Å². The normalized spacial score (nSPS) is 16.1. The van der Waals surface area contributed by atoms with Crippen LogP contribution < -0.4 is 10.6 Å². The Morgan fingerprint density at radius 1 is 1.32 bits per heavy atom. The van der Waals surface area contributed by atoms with Gasteiger partial charge in [0.1, 0.15) is 0 Å². The molecular formula is C18H21N3O3S. The van der Waals surface area contributed by atoms with Gasteiger partial charge in [0.25, 0.3) is 11.6 Å². The molecule has 25 heavy (non-hydrogen) atoms. The number of nitro groups is 1. The van der Waals surface area contributed by atoms with Crippen LogP contribution in [-0.2, 0) is 12.8 Å².